The minimum absolute atomic E-state index is 0.123. The number of nitrogens with zero attached hydrogens (tertiary/aromatic N) is 1. The van der Waals surface area contributed by atoms with E-state index in [0.717, 1.165) is 27.7 Å². The van der Waals surface area contributed by atoms with Crippen molar-refractivity contribution < 1.29 is 4.79 Å². The normalized spacial score (nSPS) is 11.2. The lowest BCUT2D eigenvalue weighted by Crippen LogP contribution is -2.19. The maximum absolute atomic E-state index is 11.9. The van der Waals surface area contributed by atoms with Gasteiger partial charge in [0.05, 0.1) is 12.6 Å². The molecule has 0 saturated heterocycles. The van der Waals surface area contributed by atoms with Crippen LogP contribution in [0.4, 0.5) is 0 Å². The first-order valence-electron chi connectivity index (χ1n) is 7.58. The van der Waals surface area contributed by atoms with Gasteiger partial charge in [-0.1, -0.05) is 48.0 Å². The van der Waals surface area contributed by atoms with E-state index in [-0.39, 0.29) is 5.91 Å². The summed E-state index contributed by atoms with van der Waals surface area (Å²) in [5.74, 6) is -0.123. The fourth-order valence-corrected chi connectivity index (χ4v) is 2.56. The molecule has 23 heavy (non-hydrogen) atoms. The monoisotopic (exact) mass is 305 g/mol. The molecule has 3 aromatic rings. The van der Waals surface area contributed by atoms with Gasteiger partial charge in [-0.25, -0.2) is 5.43 Å². The van der Waals surface area contributed by atoms with Gasteiger partial charge in [0.25, 0.3) is 0 Å². The standard InChI is InChI=1S/C19H19N3O/c1-13-7-9-15(10-8-13)11-19(23)22-20-12-17-14(2)21-18-6-4-3-5-16(17)18/h3-10,12,21H,11H2,1-2H3,(H,22,23)/b20-12-. The molecule has 4 nitrogen and oxygen atoms in total. The molecule has 1 heterocycles. The molecule has 0 aliphatic heterocycles. The third kappa shape index (κ3) is 3.48. The summed E-state index contributed by atoms with van der Waals surface area (Å²) in [6, 6.07) is 16.0. The number of aromatic amines is 1. The van der Waals surface area contributed by atoms with Crippen molar-refractivity contribution in [2.24, 2.45) is 5.10 Å². The summed E-state index contributed by atoms with van der Waals surface area (Å²) >= 11 is 0. The fraction of sp³-hybridized carbons (Fsp3) is 0.158. The Morgan fingerprint density at radius 3 is 2.65 bits per heavy atom. The molecular weight excluding hydrogens is 286 g/mol. The Hall–Kier alpha value is -2.88. The lowest BCUT2D eigenvalue weighted by molar-refractivity contribution is -0.120. The van der Waals surface area contributed by atoms with Crippen LogP contribution >= 0.6 is 0 Å². The van der Waals surface area contributed by atoms with Crippen molar-refractivity contribution in [1.29, 1.82) is 0 Å². The van der Waals surface area contributed by atoms with Gasteiger partial charge in [0.1, 0.15) is 0 Å². The quantitative estimate of drug-likeness (QED) is 0.563. The van der Waals surface area contributed by atoms with Crippen LogP contribution in [0.1, 0.15) is 22.4 Å². The number of amides is 1. The van der Waals surface area contributed by atoms with Gasteiger partial charge in [-0.3, -0.25) is 4.79 Å². The summed E-state index contributed by atoms with van der Waals surface area (Å²) in [7, 11) is 0. The third-order valence-corrected chi connectivity index (χ3v) is 3.81. The van der Waals surface area contributed by atoms with Crippen molar-refractivity contribution in [3.8, 4) is 0 Å². The number of nitrogens with one attached hydrogen (secondary N) is 2. The van der Waals surface area contributed by atoms with E-state index in [2.05, 4.69) is 15.5 Å². The summed E-state index contributed by atoms with van der Waals surface area (Å²) < 4.78 is 0. The molecule has 0 radical (unpaired) electrons. The maximum Gasteiger partial charge on any atom is 0.244 e. The molecule has 0 atom stereocenters. The Kier molecular flexibility index (Phi) is 4.24. The van der Waals surface area contributed by atoms with Crippen molar-refractivity contribution in [3.05, 3.63) is 70.9 Å². The number of hydrazone groups is 1. The molecule has 0 aliphatic carbocycles. The second kappa shape index (κ2) is 6.48. The first-order valence-corrected chi connectivity index (χ1v) is 7.58. The summed E-state index contributed by atoms with van der Waals surface area (Å²) in [6.45, 7) is 4.02. The molecule has 2 aromatic carbocycles. The third-order valence-electron chi connectivity index (χ3n) is 3.81. The molecule has 0 spiro atoms. The van der Waals surface area contributed by atoms with Crippen molar-refractivity contribution in [2.45, 2.75) is 20.3 Å². The number of carbonyl (C=O) groups excluding carboxylic acids is 1. The zero-order chi connectivity index (χ0) is 16.2. The minimum Gasteiger partial charge on any atom is -0.358 e. The Morgan fingerprint density at radius 2 is 1.87 bits per heavy atom. The van der Waals surface area contributed by atoms with Gasteiger partial charge < -0.3 is 4.98 Å². The van der Waals surface area contributed by atoms with Crippen LogP contribution in [0.25, 0.3) is 10.9 Å². The number of H-pyrrole nitrogens is 1. The molecule has 0 unspecified atom stereocenters. The van der Waals surface area contributed by atoms with Crippen LogP contribution in [0.5, 0.6) is 0 Å². The number of hydrogen-bond donors (Lipinski definition) is 2. The van der Waals surface area contributed by atoms with E-state index in [9.17, 15) is 4.79 Å². The second-order valence-corrected chi connectivity index (χ2v) is 5.66. The van der Waals surface area contributed by atoms with Gasteiger partial charge in [0.2, 0.25) is 5.91 Å². The Labute approximate surface area is 135 Å². The number of hydrogen-bond acceptors (Lipinski definition) is 2. The fourth-order valence-electron chi connectivity index (χ4n) is 2.56. The van der Waals surface area contributed by atoms with Crippen LogP contribution in [0, 0.1) is 13.8 Å². The Morgan fingerprint density at radius 1 is 1.13 bits per heavy atom. The average Bonchev–Trinajstić information content (AvgIpc) is 2.86. The molecule has 0 fully saturated rings. The van der Waals surface area contributed by atoms with E-state index in [1.54, 1.807) is 6.21 Å². The minimum atomic E-state index is -0.123. The van der Waals surface area contributed by atoms with E-state index in [1.165, 1.54) is 5.56 Å². The Balaban J connectivity index is 1.67. The number of para-hydroxylation sites is 1. The summed E-state index contributed by atoms with van der Waals surface area (Å²) in [5, 5.41) is 5.19. The largest absolute Gasteiger partial charge is 0.358 e. The number of fused-ring (bicyclic) bond motifs is 1. The molecule has 116 valence electrons. The summed E-state index contributed by atoms with van der Waals surface area (Å²) in [6.07, 6.45) is 2.02. The smallest absolute Gasteiger partial charge is 0.244 e. The predicted octanol–water partition coefficient (Wildman–Crippen LogP) is 3.48. The number of carbonyl (C=O) groups is 1. The van der Waals surface area contributed by atoms with Crippen molar-refractivity contribution in [1.82, 2.24) is 10.4 Å². The van der Waals surface area contributed by atoms with Gasteiger partial charge >= 0.3 is 0 Å². The number of benzene rings is 2. The molecular formula is C19H19N3O. The van der Waals surface area contributed by atoms with E-state index >= 15 is 0 Å². The summed E-state index contributed by atoms with van der Waals surface area (Å²) in [4.78, 5) is 15.2. The Bertz CT molecular complexity index is 860. The maximum atomic E-state index is 11.9. The molecule has 0 bridgehead atoms. The van der Waals surface area contributed by atoms with Crippen LogP contribution < -0.4 is 5.43 Å². The lowest BCUT2D eigenvalue weighted by Gasteiger charge is -2.01. The molecule has 4 heteroatoms. The SMILES string of the molecule is Cc1ccc(CC(=O)N/N=C\c2c(C)[nH]c3ccccc23)cc1. The highest BCUT2D eigenvalue weighted by molar-refractivity contribution is 6.00. The highest BCUT2D eigenvalue weighted by Crippen LogP contribution is 2.19. The van der Waals surface area contributed by atoms with Crippen molar-refractivity contribution in [3.63, 3.8) is 0 Å². The second-order valence-electron chi connectivity index (χ2n) is 5.66. The molecule has 1 aromatic heterocycles. The zero-order valence-corrected chi connectivity index (χ0v) is 13.3. The van der Waals surface area contributed by atoms with E-state index in [1.807, 2.05) is 62.4 Å². The van der Waals surface area contributed by atoms with Gasteiger partial charge in [0.15, 0.2) is 0 Å². The first-order chi connectivity index (χ1) is 11.1. The molecule has 2 N–H and O–H groups in total. The zero-order valence-electron chi connectivity index (χ0n) is 13.3. The van der Waals surface area contributed by atoms with Gasteiger partial charge in [-0.2, -0.15) is 5.10 Å². The van der Waals surface area contributed by atoms with Gasteiger partial charge in [0, 0.05) is 22.2 Å². The van der Waals surface area contributed by atoms with E-state index in [4.69, 9.17) is 0 Å². The van der Waals surface area contributed by atoms with Gasteiger partial charge in [-0.05, 0) is 25.5 Å². The highest BCUT2D eigenvalue weighted by Gasteiger charge is 2.06. The van der Waals surface area contributed by atoms with Crippen LogP contribution in [-0.4, -0.2) is 17.1 Å². The number of aryl methyl sites for hydroxylation is 2. The predicted molar refractivity (Wildman–Crippen MR) is 93.7 cm³/mol. The molecule has 0 aliphatic rings. The van der Waals surface area contributed by atoms with E-state index in [0.29, 0.717) is 6.42 Å². The van der Waals surface area contributed by atoms with Crippen LogP contribution in [-0.2, 0) is 11.2 Å². The van der Waals surface area contributed by atoms with E-state index < -0.39 is 0 Å². The lowest BCUT2D eigenvalue weighted by atomic mass is 10.1. The number of aromatic nitrogens is 1. The topological polar surface area (TPSA) is 57.2 Å². The molecule has 3 rings (SSSR count). The molecule has 1 amide bonds. The van der Waals surface area contributed by atoms with Crippen molar-refractivity contribution >= 4 is 23.0 Å². The van der Waals surface area contributed by atoms with Gasteiger partial charge in [-0.15, -0.1) is 0 Å². The first kappa shape index (κ1) is 15.0. The highest BCUT2D eigenvalue weighted by atomic mass is 16.2. The van der Waals surface area contributed by atoms with Crippen LogP contribution in [0.15, 0.2) is 53.6 Å². The van der Waals surface area contributed by atoms with Crippen LogP contribution in [0.3, 0.4) is 0 Å². The van der Waals surface area contributed by atoms with Crippen molar-refractivity contribution in [2.75, 3.05) is 0 Å². The number of rotatable bonds is 4. The molecule has 0 saturated carbocycles. The van der Waals surface area contributed by atoms with Crippen LogP contribution in [0.2, 0.25) is 0 Å². The average molecular weight is 305 g/mol. The summed E-state index contributed by atoms with van der Waals surface area (Å²) in [5.41, 5.74) is 7.85.